The number of nitrogens with one attached hydrogen (secondary N) is 3. The molecule has 1 aliphatic heterocycles. The number of carbonyl (C=O) groups excluding carboxylic acids is 2. The Morgan fingerprint density at radius 2 is 1.90 bits per heavy atom. The van der Waals surface area contributed by atoms with Gasteiger partial charge in [-0.05, 0) is 66.3 Å². The zero-order chi connectivity index (χ0) is 43.8. The number of benzene rings is 2. The van der Waals surface area contributed by atoms with E-state index in [0.29, 0.717) is 17.9 Å². The summed E-state index contributed by atoms with van der Waals surface area (Å²) in [6.45, 7) is -4.19. The Hall–Kier alpha value is -5.28. The predicted molar refractivity (Wildman–Crippen MR) is 226 cm³/mol. The molecule has 3 aromatic heterocycles. The van der Waals surface area contributed by atoms with Crippen molar-refractivity contribution >= 4 is 61.6 Å². The standard InChI is InChI=1S/C38H43N9O12P2S/c1-39-26-10-7-23(8-11-26)18-54-38(50)46(2)17-25-5-3-4-6-29(25)34(48)44-37-43-33-32(35(49)45-37)42-22-47(33)36-30(16-28(58-36)20-56-61(52,53)62)59-60(51)55-19-24-9-12-27(15-24)57-31-13-14-40-21-41-31/h3-8,10-11,13-14,21-22,24,27-28,30,36,39H,9,12,15-20H2,1-2H3,(H3-,43,44,45,48,49,52,53,62)/p+1/t24-,27+,28+,30-,36-/m1/s1. The van der Waals surface area contributed by atoms with Crippen LogP contribution in [0.1, 0.15) is 53.4 Å². The van der Waals surface area contributed by atoms with E-state index in [1.54, 1.807) is 43.6 Å². The lowest BCUT2D eigenvalue weighted by Gasteiger charge is -2.19. The minimum Gasteiger partial charge on any atom is -0.474 e. The van der Waals surface area contributed by atoms with E-state index < -0.39 is 51.0 Å². The number of carbonyl (C=O) groups is 2. The number of rotatable bonds is 18. The van der Waals surface area contributed by atoms with E-state index in [-0.39, 0.29) is 67.5 Å². The molecule has 1 unspecified atom stereocenters. The number of anilines is 2. The first-order valence-corrected chi connectivity index (χ1v) is 23.1. The number of amides is 2. The van der Waals surface area contributed by atoms with Gasteiger partial charge in [-0.1, -0.05) is 30.3 Å². The van der Waals surface area contributed by atoms with E-state index in [2.05, 4.69) is 47.4 Å². The molecule has 62 heavy (non-hydrogen) atoms. The van der Waals surface area contributed by atoms with Crippen molar-refractivity contribution in [2.24, 2.45) is 5.92 Å². The van der Waals surface area contributed by atoms with E-state index in [9.17, 15) is 28.7 Å². The molecule has 2 aliphatic rings. The largest absolute Gasteiger partial charge is 0.697 e. The summed E-state index contributed by atoms with van der Waals surface area (Å²) in [7, 11) is 0.648. The Morgan fingerprint density at radius 3 is 2.66 bits per heavy atom. The van der Waals surface area contributed by atoms with E-state index in [4.69, 9.17) is 27.8 Å². The molecule has 2 aromatic carbocycles. The number of H-pyrrole nitrogens is 1. The average Bonchev–Trinajstić information content (AvgIpc) is 4.00. The Morgan fingerprint density at radius 1 is 1.10 bits per heavy atom. The molecule has 21 nitrogen and oxygen atoms in total. The molecule has 7 rings (SSSR count). The number of hydrogen-bond acceptors (Lipinski definition) is 16. The molecule has 1 aliphatic carbocycles. The highest BCUT2D eigenvalue weighted by Gasteiger charge is 2.45. The zero-order valence-electron chi connectivity index (χ0n) is 33.4. The van der Waals surface area contributed by atoms with Crippen molar-refractivity contribution in [1.29, 1.82) is 0 Å². The minimum atomic E-state index is -4.05. The van der Waals surface area contributed by atoms with E-state index >= 15 is 0 Å². The molecule has 328 valence electrons. The summed E-state index contributed by atoms with van der Waals surface area (Å²) < 4.78 is 48.7. The van der Waals surface area contributed by atoms with Crippen LogP contribution in [0.5, 0.6) is 5.88 Å². The normalized spacial score (nSPS) is 20.2. The summed E-state index contributed by atoms with van der Waals surface area (Å²) in [5, 5.41) is 5.65. The van der Waals surface area contributed by atoms with Gasteiger partial charge < -0.3 is 38.7 Å². The molecule has 0 radical (unpaired) electrons. The second kappa shape index (κ2) is 20.3. The van der Waals surface area contributed by atoms with Crippen molar-refractivity contribution in [1.82, 2.24) is 34.4 Å². The van der Waals surface area contributed by atoms with Crippen LogP contribution >= 0.6 is 15.0 Å². The summed E-state index contributed by atoms with van der Waals surface area (Å²) >= 11 is 4.60. The summed E-state index contributed by atoms with van der Waals surface area (Å²) in [5.41, 5.74) is 1.59. The molecule has 0 bridgehead atoms. The lowest BCUT2D eigenvalue weighted by molar-refractivity contribution is -0.0428. The van der Waals surface area contributed by atoms with Gasteiger partial charge in [0.05, 0.1) is 19.0 Å². The lowest BCUT2D eigenvalue weighted by Crippen LogP contribution is -2.28. The minimum absolute atomic E-state index is 0.0214. The molecule has 2 amide bonds. The van der Waals surface area contributed by atoms with Gasteiger partial charge in [0, 0.05) is 55.1 Å². The van der Waals surface area contributed by atoms with Crippen LogP contribution in [0.2, 0.25) is 0 Å². The van der Waals surface area contributed by atoms with Gasteiger partial charge in [-0.15, -0.1) is 9.05 Å². The molecule has 24 heteroatoms. The number of imidazole rings is 1. The fourth-order valence-electron chi connectivity index (χ4n) is 7.03. The van der Waals surface area contributed by atoms with Gasteiger partial charge in [-0.3, -0.25) is 24.5 Å². The molecule has 4 heterocycles. The van der Waals surface area contributed by atoms with Crippen LogP contribution < -0.4 is 20.9 Å². The number of fused-ring (bicyclic) bond motifs is 1. The summed E-state index contributed by atoms with van der Waals surface area (Å²) in [4.78, 5) is 79.8. The Kier molecular flexibility index (Phi) is 14.6. The van der Waals surface area contributed by atoms with Crippen molar-refractivity contribution in [3.05, 3.63) is 100 Å². The van der Waals surface area contributed by atoms with Gasteiger partial charge in [0.2, 0.25) is 11.8 Å². The highest BCUT2D eigenvalue weighted by molar-refractivity contribution is 8.06. The van der Waals surface area contributed by atoms with Crippen LogP contribution in [-0.4, -0.2) is 102 Å². The summed E-state index contributed by atoms with van der Waals surface area (Å²) in [6.07, 6.45) is 2.86. The van der Waals surface area contributed by atoms with Crippen molar-refractivity contribution in [3.63, 3.8) is 0 Å². The number of ether oxygens (including phenoxy) is 3. The second-order valence-corrected chi connectivity index (χ2v) is 18.1. The maximum Gasteiger partial charge on any atom is 0.697 e. The zero-order valence-corrected chi connectivity index (χ0v) is 36.0. The van der Waals surface area contributed by atoms with Crippen molar-refractivity contribution in [3.8, 4) is 5.88 Å². The third kappa shape index (κ3) is 11.8. The highest BCUT2D eigenvalue weighted by Crippen LogP contribution is 2.43. The van der Waals surface area contributed by atoms with Gasteiger partial charge >= 0.3 is 21.1 Å². The predicted octanol–water partition coefficient (Wildman–Crippen LogP) is 4.79. The van der Waals surface area contributed by atoms with Crippen LogP contribution in [-0.2, 0) is 52.6 Å². The Bertz CT molecular complexity index is 2480. The van der Waals surface area contributed by atoms with E-state index in [1.807, 2.05) is 31.3 Å². The number of nitrogens with zero attached hydrogens (tertiary/aromatic N) is 6. The first kappa shape index (κ1) is 44.8. The topological polar surface area (TPSA) is 264 Å². The van der Waals surface area contributed by atoms with Crippen LogP contribution in [0.15, 0.2) is 78.2 Å². The molecule has 5 N–H and O–H groups in total. The number of aromatic nitrogens is 6. The molecule has 0 spiro atoms. The maximum atomic E-state index is 13.7. The molecule has 1 saturated heterocycles. The number of hydrogen-bond donors (Lipinski definition) is 5. The molecule has 5 aromatic rings. The molecule has 6 atom stereocenters. The molecule has 1 saturated carbocycles. The van der Waals surface area contributed by atoms with Gasteiger partial charge in [0.25, 0.3) is 11.5 Å². The first-order chi connectivity index (χ1) is 29.8. The van der Waals surface area contributed by atoms with Crippen molar-refractivity contribution in [2.45, 2.75) is 63.4 Å². The van der Waals surface area contributed by atoms with E-state index in [1.165, 1.54) is 22.1 Å². The molecular weight excluding hydrogens is 868 g/mol. The van der Waals surface area contributed by atoms with Crippen LogP contribution in [0.25, 0.3) is 11.2 Å². The van der Waals surface area contributed by atoms with E-state index in [0.717, 1.165) is 24.1 Å². The quantitative estimate of drug-likeness (QED) is 0.0740. The fourth-order valence-corrected chi connectivity index (χ4v) is 8.37. The van der Waals surface area contributed by atoms with Gasteiger partial charge in [-0.2, -0.15) is 4.98 Å². The SMILES string of the molecule is CNc1ccc(COC(=O)N(C)Cc2ccccc2C(=O)Nc2nc3c(ncn3[C@@H]3O[C@H](COP(O)(O)=S)C[C@H]3O[P+](=O)OC[C@@H]3CC[C@H](Oc4ccncn4)C3)c(=O)[nH]2)cc1. The molecular formula is C38H44N9O12P2S+. The summed E-state index contributed by atoms with van der Waals surface area (Å²) in [5.74, 6) is -0.354. The second-order valence-electron chi connectivity index (χ2n) is 14.5. The van der Waals surface area contributed by atoms with Gasteiger partial charge in [0.1, 0.15) is 25.6 Å². The van der Waals surface area contributed by atoms with Crippen molar-refractivity contribution in [2.75, 3.05) is 37.9 Å². The van der Waals surface area contributed by atoms with Crippen LogP contribution in [0.3, 0.4) is 0 Å². The third-order valence-electron chi connectivity index (χ3n) is 10.1. The van der Waals surface area contributed by atoms with Gasteiger partial charge in [-0.25, -0.2) is 19.7 Å². The number of aromatic amines is 1. The maximum absolute atomic E-state index is 13.7. The van der Waals surface area contributed by atoms with Crippen molar-refractivity contribution < 1.29 is 51.7 Å². The molecule has 2 fully saturated rings. The monoisotopic (exact) mass is 912 g/mol. The fraction of sp³-hybridized carbons (Fsp3) is 0.395. The summed E-state index contributed by atoms with van der Waals surface area (Å²) in [6, 6.07) is 15.7. The average molecular weight is 913 g/mol. The Labute approximate surface area is 360 Å². The highest BCUT2D eigenvalue weighted by atomic mass is 32.5. The van der Waals surface area contributed by atoms with Gasteiger partial charge in [0.15, 0.2) is 23.5 Å². The third-order valence-corrected chi connectivity index (χ3v) is 11.7. The first-order valence-electron chi connectivity index (χ1n) is 19.4. The van der Waals surface area contributed by atoms with Crippen LogP contribution in [0, 0.1) is 5.92 Å². The lowest BCUT2D eigenvalue weighted by atomic mass is 10.1. The van der Waals surface area contributed by atoms with Crippen LogP contribution in [0.4, 0.5) is 16.4 Å². The Balaban J connectivity index is 1.02. The smallest absolute Gasteiger partial charge is 0.474 e.